The number of benzene rings is 1. The molecule has 2 N–H and O–H groups in total. The molecule has 3 rings (SSSR count). The zero-order valence-corrected chi connectivity index (χ0v) is 12.2. The van der Waals surface area contributed by atoms with Crippen molar-refractivity contribution in [3.05, 3.63) is 36.2 Å². The van der Waals surface area contributed by atoms with Gasteiger partial charge in [-0.1, -0.05) is 12.5 Å². The minimum Gasteiger partial charge on any atom is -0.501 e. The van der Waals surface area contributed by atoms with Gasteiger partial charge in [-0.15, -0.1) is 0 Å². The van der Waals surface area contributed by atoms with E-state index >= 15 is 0 Å². The second-order valence-corrected chi connectivity index (χ2v) is 5.38. The highest BCUT2D eigenvalue weighted by Crippen LogP contribution is 2.30. The molecule has 1 aliphatic rings. The summed E-state index contributed by atoms with van der Waals surface area (Å²) in [6, 6.07) is 6.09. The van der Waals surface area contributed by atoms with E-state index in [1.165, 1.54) is 6.42 Å². The highest BCUT2D eigenvalue weighted by Gasteiger charge is 2.25. The molecule has 0 spiro atoms. The van der Waals surface area contributed by atoms with Crippen LogP contribution in [0.15, 0.2) is 30.7 Å². The molecule has 4 heteroatoms. The van der Waals surface area contributed by atoms with Gasteiger partial charge in [0, 0.05) is 23.0 Å². The lowest BCUT2D eigenvalue weighted by Crippen LogP contribution is -2.27. The van der Waals surface area contributed by atoms with Crippen LogP contribution in [-0.2, 0) is 9.53 Å². The van der Waals surface area contributed by atoms with Crippen LogP contribution in [0.1, 0.15) is 31.7 Å². The maximum Gasteiger partial charge on any atom is 0.227 e. The molecule has 0 atom stereocenters. The first-order valence-electron chi connectivity index (χ1n) is 7.48. The van der Waals surface area contributed by atoms with Crippen LogP contribution in [0.4, 0.5) is 5.69 Å². The summed E-state index contributed by atoms with van der Waals surface area (Å²) in [5, 5.41) is 4.06. The number of nitrogens with one attached hydrogen (secondary N) is 2. The van der Waals surface area contributed by atoms with Crippen molar-refractivity contribution < 1.29 is 9.53 Å². The van der Waals surface area contributed by atoms with E-state index in [0.717, 1.165) is 35.0 Å². The van der Waals surface area contributed by atoms with Gasteiger partial charge in [-0.05, 0) is 43.5 Å². The number of anilines is 1. The van der Waals surface area contributed by atoms with Gasteiger partial charge in [0.05, 0.1) is 18.6 Å². The van der Waals surface area contributed by atoms with Gasteiger partial charge in [0.15, 0.2) is 0 Å². The second kappa shape index (κ2) is 6.04. The normalized spacial score (nSPS) is 15.3. The number of hydrogen-bond donors (Lipinski definition) is 2. The van der Waals surface area contributed by atoms with Gasteiger partial charge in [0.2, 0.25) is 5.91 Å². The Bertz CT molecular complexity index is 668. The van der Waals surface area contributed by atoms with Crippen molar-refractivity contribution in [3.8, 4) is 0 Å². The summed E-state index contributed by atoms with van der Waals surface area (Å²) < 4.78 is 5.22. The Morgan fingerprint density at radius 2 is 2.33 bits per heavy atom. The van der Waals surface area contributed by atoms with Crippen LogP contribution in [0.2, 0.25) is 0 Å². The topological polar surface area (TPSA) is 54.1 Å². The third-order valence-corrected chi connectivity index (χ3v) is 3.96. The lowest BCUT2D eigenvalue weighted by Gasteiger charge is -2.23. The maximum absolute atomic E-state index is 12.1. The van der Waals surface area contributed by atoms with Crippen molar-refractivity contribution in [1.82, 2.24) is 4.98 Å². The van der Waals surface area contributed by atoms with Crippen molar-refractivity contribution in [2.75, 3.05) is 11.9 Å². The van der Waals surface area contributed by atoms with Gasteiger partial charge in [-0.3, -0.25) is 4.79 Å². The molecule has 1 aliphatic carbocycles. The number of ether oxygens (including phenoxy) is 1. The number of aromatic amines is 1. The van der Waals surface area contributed by atoms with E-state index < -0.39 is 0 Å². The number of rotatable bonds is 5. The first-order valence-corrected chi connectivity index (χ1v) is 7.48. The fourth-order valence-corrected chi connectivity index (χ4v) is 2.47. The summed E-state index contributed by atoms with van der Waals surface area (Å²) in [6.07, 6.45) is 8.66. The summed E-state index contributed by atoms with van der Waals surface area (Å²) >= 11 is 0. The van der Waals surface area contributed by atoms with Crippen LogP contribution in [0, 0.1) is 5.92 Å². The number of carbonyl (C=O) groups is 1. The second-order valence-electron chi connectivity index (χ2n) is 5.38. The van der Waals surface area contributed by atoms with Gasteiger partial charge in [0.25, 0.3) is 0 Å². The molecular weight excluding hydrogens is 264 g/mol. The number of aromatic nitrogens is 1. The molecule has 1 amide bonds. The number of amides is 1. The Balaban J connectivity index is 1.81. The van der Waals surface area contributed by atoms with E-state index in [2.05, 4.69) is 16.4 Å². The van der Waals surface area contributed by atoms with Crippen LogP contribution < -0.4 is 5.32 Å². The molecule has 4 nitrogen and oxygen atoms in total. The number of hydrogen-bond acceptors (Lipinski definition) is 2. The van der Waals surface area contributed by atoms with Crippen LogP contribution in [-0.4, -0.2) is 17.5 Å². The number of carbonyl (C=O) groups excluding carboxylic acids is 1. The van der Waals surface area contributed by atoms with E-state index in [-0.39, 0.29) is 11.8 Å². The lowest BCUT2D eigenvalue weighted by atomic mass is 9.85. The van der Waals surface area contributed by atoms with Crippen LogP contribution in [0.5, 0.6) is 0 Å². The summed E-state index contributed by atoms with van der Waals surface area (Å²) in [7, 11) is 0. The van der Waals surface area contributed by atoms with E-state index in [4.69, 9.17) is 4.74 Å². The zero-order valence-electron chi connectivity index (χ0n) is 12.2. The first-order chi connectivity index (χ1) is 10.3. The molecule has 1 aromatic heterocycles. The summed E-state index contributed by atoms with van der Waals surface area (Å²) in [4.78, 5) is 15.3. The standard InChI is InChI=1S/C17H20N2O2/c1-2-21-9-8-12-6-7-15-14(10-12)16(11-18-15)19-17(20)13-4-3-5-13/h6-11,13,18H,2-5H2,1H3,(H,19,20). The van der Waals surface area contributed by atoms with E-state index in [9.17, 15) is 4.79 Å². The van der Waals surface area contributed by atoms with Gasteiger partial charge in [-0.2, -0.15) is 0 Å². The van der Waals surface area contributed by atoms with Crippen LogP contribution >= 0.6 is 0 Å². The molecule has 0 saturated heterocycles. The molecule has 0 radical (unpaired) electrons. The van der Waals surface area contributed by atoms with Crippen molar-refractivity contribution in [2.24, 2.45) is 5.92 Å². The Morgan fingerprint density at radius 1 is 1.48 bits per heavy atom. The predicted molar refractivity (Wildman–Crippen MR) is 84.9 cm³/mol. The SMILES string of the molecule is CCOC=Cc1ccc2[nH]cc(NC(=O)C3CCC3)c2c1. The Hall–Kier alpha value is -2.23. The highest BCUT2D eigenvalue weighted by molar-refractivity contribution is 6.03. The van der Waals surface area contributed by atoms with Gasteiger partial charge in [-0.25, -0.2) is 0 Å². The fourth-order valence-electron chi connectivity index (χ4n) is 2.47. The van der Waals surface area contributed by atoms with Gasteiger partial charge >= 0.3 is 0 Å². The lowest BCUT2D eigenvalue weighted by molar-refractivity contribution is -0.122. The summed E-state index contributed by atoms with van der Waals surface area (Å²) in [5.41, 5.74) is 2.93. The molecule has 1 fully saturated rings. The summed E-state index contributed by atoms with van der Waals surface area (Å²) in [6.45, 7) is 2.61. The highest BCUT2D eigenvalue weighted by atomic mass is 16.5. The molecule has 1 saturated carbocycles. The third kappa shape index (κ3) is 2.94. The maximum atomic E-state index is 12.1. The minimum absolute atomic E-state index is 0.136. The number of fused-ring (bicyclic) bond motifs is 1. The molecule has 1 heterocycles. The molecular formula is C17H20N2O2. The quantitative estimate of drug-likeness (QED) is 0.818. The Kier molecular flexibility index (Phi) is 3.95. The Labute approximate surface area is 124 Å². The van der Waals surface area contributed by atoms with Crippen molar-refractivity contribution in [3.63, 3.8) is 0 Å². The smallest absolute Gasteiger partial charge is 0.227 e. The average molecular weight is 284 g/mol. The first kappa shape index (κ1) is 13.7. The molecule has 0 bridgehead atoms. The molecule has 0 unspecified atom stereocenters. The number of H-pyrrole nitrogens is 1. The largest absolute Gasteiger partial charge is 0.501 e. The monoisotopic (exact) mass is 284 g/mol. The fraction of sp³-hybridized carbons (Fsp3) is 0.353. The minimum atomic E-state index is 0.136. The molecule has 2 aromatic rings. The zero-order chi connectivity index (χ0) is 14.7. The Morgan fingerprint density at radius 3 is 3.05 bits per heavy atom. The van der Waals surface area contributed by atoms with Crippen LogP contribution in [0.3, 0.4) is 0 Å². The molecule has 0 aliphatic heterocycles. The molecule has 110 valence electrons. The van der Waals surface area contributed by atoms with Crippen molar-refractivity contribution in [1.29, 1.82) is 0 Å². The van der Waals surface area contributed by atoms with Crippen molar-refractivity contribution in [2.45, 2.75) is 26.2 Å². The van der Waals surface area contributed by atoms with Crippen molar-refractivity contribution >= 4 is 28.6 Å². The van der Waals surface area contributed by atoms with E-state index in [1.54, 1.807) is 6.26 Å². The molecule has 21 heavy (non-hydrogen) atoms. The van der Waals surface area contributed by atoms with E-state index in [0.29, 0.717) is 6.61 Å². The molecule has 1 aromatic carbocycles. The van der Waals surface area contributed by atoms with E-state index in [1.807, 2.05) is 31.3 Å². The van der Waals surface area contributed by atoms with Gasteiger partial charge < -0.3 is 15.0 Å². The van der Waals surface area contributed by atoms with Gasteiger partial charge in [0.1, 0.15) is 0 Å². The summed E-state index contributed by atoms with van der Waals surface area (Å²) in [5.74, 6) is 0.327. The predicted octanol–water partition coefficient (Wildman–Crippen LogP) is 3.91. The average Bonchev–Trinajstić information content (AvgIpc) is 2.80. The third-order valence-electron chi connectivity index (χ3n) is 3.96. The van der Waals surface area contributed by atoms with Crippen LogP contribution in [0.25, 0.3) is 17.0 Å².